The van der Waals surface area contributed by atoms with Gasteiger partial charge in [0.1, 0.15) is 11.5 Å². The van der Waals surface area contributed by atoms with E-state index in [1.165, 1.54) is 111 Å². The minimum absolute atomic E-state index is 0.0743. The van der Waals surface area contributed by atoms with Gasteiger partial charge in [0.05, 0.1) is 5.41 Å². The van der Waals surface area contributed by atoms with Gasteiger partial charge in [0.25, 0.3) is 13.4 Å². The van der Waals surface area contributed by atoms with E-state index in [-0.39, 0.29) is 24.3 Å². The molecular weight excluding hydrogens is 1120 g/mol. The molecule has 93 heavy (non-hydrogen) atoms. The number of hydrogen-bond acceptors (Lipinski definition) is 4. The highest BCUT2D eigenvalue weighted by molar-refractivity contribution is 7.02. The fraction of sp³-hybridized carbons (Fsp3) is 0.103. The summed E-state index contributed by atoms with van der Waals surface area (Å²) in [6.45, 7) is 13.7. The lowest BCUT2D eigenvalue weighted by Gasteiger charge is -2.45. The molecule has 6 aliphatic rings. The predicted molar refractivity (Wildman–Crippen MR) is 391 cm³/mol. The lowest BCUT2D eigenvalue weighted by atomic mass is 9.30. The zero-order valence-corrected chi connectivity index (χ0v) is 53.0. The van der Waals surface area contributed by atoms with Crippen LogP contribution in [0.4, 0.5) is 51.2 Å². The van der Waals surface area contributed by atoms with Crippen LogP contribution >= 0.6 is 0 Å². The first-order valence-corrected chi connectivity index (χ1v) is 33.0. The molecule has 0 atom stereocenters. The van der Waals surface area contributed by atoms with Crippen LogP contribution in [0.15, 0.2) is 285 Å². The molecule has 19 rings (SSSR count). The van der Waals surface area contributed by atoms with Crippen molar-refractivity contribution in [1.29, 1.82) is 0 Å². The largest absolute Gasteiger partial charge is 0.458 e. The van der Waals surface area contributed by atoms with Crippen molar-refractivity contribution in [3.05, 3.63) is 318 Å². The normalized spacial score (nSPS) is 14.4. The van der Waals surface area contributed by atoms with Crippen molar-refractivity contribution in [2.24, 2.45) is 0 Å². The number of para-hydroxylation sites is 5. The van der Waals surface area contributed by atoms with Gasteiger partial charge in [-0.05, 0) is 194 Å². The van der Waals surface area contributed by atoms with E-state index >= 15 is 0 Å². The summed E-state index contributed by atoms with van der Waals surface area (Å²) in [4.78, 5) is 7.59. The first kappa shape index (κ1) is 54.0. The number of hydrogen-bond donors (Lipinski definition) is 0. The molecule has 0 amide bonds. The van der Waals surface area contributed by atoms with Crippen LogP contribution in [0, 0.1) is 0 Å². The van der Waals surface area contributed by atoms with Crippen LogP contribution in [-0.2, 0) is 16.2 Å². The third-order valence-electron chi connectivity index (χ3n) is 21.1. The molecule has 0 bridgehead atoms. The summed E-state index contributed by atoms with van der Waals surface area (Å²) >= 11 is 0. The summed E-state index contributed by atoms with van der Waals surface area (Å²) in [5, 5.41) is 0. The Morgan fingerprint density at radius 2 is 0.699 bits per heavy atom. The third kappa shape index (κ3) is 7.64. The Bertz CT molecular complexity index is 5220. The van der Waals surface area contributed by atoms with Crippen molar-refractivity contribution in [3.63, 3.8) is 0 Å². The molecule has 0 saturated heterocycles. The van der Waals surface area contributed by atoms with Crippen molar-refractivity contribution < 1.29 is 4.74 Å². The van der Waals surface area contributed by atoms with E-state index in [2.05, 4.69) is 341 Å². The summed E-state index contributed by atoms with van der Waals surface area (Å²) in [6, 6.07) is 108. The Morgan fingerprint density at radius 1 is 0.290 bits per heavy atom. The molecule has 13 aromatic rings. The molecular formula is C87H65B2N3O. The summed E-state index contributed by atoms with van der Waals surface area (Å²) in [7, 11) is 0. The highest BCUT2D eigenvalue weighted by Crippen LogP contribution is 2.65. The van der Waals surface area contributed by atoms with Gasteiger partial charge >= 0.3 is 0 Å². The molecule has 2 aliphatic carbocycles. The second-order valence-corrected chi connectivity index (χ2v) is 28.3. The predicted octanol–water partition coefficient (Wildman–Crippen LogP) is 18.4. The smallest absolute Gasteiger partial charge is 0.256 e. The van der Waals surface area contributed by atoms with Crippen molar-refractivity contribution >= 4 is 97.4 Å². The standard InChI is InChI=1S/C87H65B2N3O/c1-85(2,3)57-45-54(46-58(51-57)86(4,5)6)55-47-77-83-78(48-55)92(61-31-14-9-15-32-61)76-53-80-73(52-72(76)88(83)70-41-22-24-43-74(70)90(77)59-27-10-7-11-28-59)89-71-42-23-25-44-75(71)91(60-29-12-8-13-30-60)79-49-56(50-81(93-80)84(79)89)62-36-26-37-66-65-35-18-21-40-69(65)87(82(62)66)67-38-19-16-33-63(67)64-34-17-20-39-68(64)87/h7-53H,1-6H3. The van der Waals surface area contributed by atoms with Crippen molar-refractivity contribution in [2.45, 2.75) is 57.8 Å². The Morgan fingerprint density at radius 3 is 1.23 bits per heavy atom. The van der Waals surface area contributed by atoms with Crippen molar-refractivity contribution in [3.8, 4) is 56.0 Å². The molecule has 0 aromatic heterocycles. The van der Waals surface area contributed by atoms with Crippen molar-refractivity contribution in [2.75, 3.05) is 14.7 Å². The minimum Gasteiger partial charge on any atom is -0.458 e. The lowest BCUT2D eigenvalue weighted by molar-refractivity contribution is 0.488. The van der Waals surface area contributed by atoms with Gasteiger partial charge in [-0.1, -0.05) is 248 Å². The maximum Gasteiger partial charge on any atom is 0.256 e. The van der Waals surface area contributed by atoms with E-state index in [0.717, 1.165) is 62.3 Å². The van der Waals surface area contributed by atoms with Gasteiger partial charge in [-0.25, -0.2) is 0 Å². The van der Waals surface area contributed by atoms with E-state index in [9.17, 15) is 0 Å². The summed E-state index contributed by atoms with van der Waals surface area (Å²) in [5.41, 5.74) is 34.7. The number of fused-ring (bicyclic) bond motifs is 18. The molecule has 0 radical (unpaired) electrons. The van der Waals surface area contributed by atoms with Crippen LogP contribution in [0.5, 0.6) is 11.5 Å². The van der Waals surface area contributed by atoms with Gasteiger partial charge in [-0.15, -0.1) is 0 Å². The SMILES string of the molecule is CC(C)(C)c1cc(-c2cc3c4c(c2)N(c2ccccc2)c2cc5c(cc2B4c2ccccc2N3c2ccccc2)B2c3ccccc3N(c3ccccc3)c3cc(-c4cccc6c4C4(c7ccccc7-c7ccccc74)c4ccccc4-6)cc(c32)O5)cc(C(C)(C)C)c1. The van der Waals surface area contributed by atoms with Crippen LogP contribution in [0.1, 0.15) is 74.9 Å². The molecule has 0 unspecified atom stereocenters. The topological polar surface area (TPSA) is 19.0 Å². The maximum atomic E-state index is 7.91. The number of anilines is 9. The minimum atomic E-state index is -0.555. The Balaban J connectivity index is 0.883. The molecule has 4 nitrogen and oxygen atoms in total. The molecule has 4 aliphatic heterocycles. The molecule has 440 valence electrons. The molecule has 13 aromatic carbocycles. The van der Waals surface area contributed by atoms with E-state index in [1.807, 2.05) is 0 Å². The van der Waals surface area contributed by atoms with Gasteiger partial charge in [0, 0.05) is 57.3 Å². The second-order valence-electron chi connectivity index (χ2n) is 28.3. The highest BCUT2D eigenvalue weighted by Gasteiger charge is 2.54. The Labute approximate surface area is 545 Å². The van der Waals surface area contributed by atoms with Gasteiger partial charge < -0.3 is 19.4 Å². The molecule has 6 heteroatoms. The number of benzene rings is 13. The molecule has 0 saturated carbocycles. The van der Waals surface area contributed by atoms with Gasteiger partial charge in [-0.3, -0.25) is 0 Å². The monoisotopic (exact) mass is 1190 g/mol. The van der Waals surface area contributed by atoms with Crippen molar-refractivity contribution in [1.82, 2.24) is 0 Å². The highest BCUT2D eigenvalue weighted by atomic mass is 16.5. The first-order chi connectivity index (χ1) is 45.4. The fourth-order valence-corrected chi connectivity index (χ4v) is 17.1. The second kappa shape index (κ2) is 19.6. The summed E-state index contributed by atoms with van der Waals surface area (Å²) in [5.74, 6) is 1.73. The van der Waals surface area contributed by atoms with Gasteiger partial charge in [0.2, 0.25) is 0 Å². The Hall–Kier alpha value is -10.8. The molecule has 0 N–H and O–H groups in total. The zero-order chi connectivity index (χ0) is 62.2. The van der Waals surface area contributed by atoms with E-state index in [1.54, 1.807) is 0 Å². The lowest BCUT2D eigenvalue weighted by Crippen LogP contribution is -2.64. The average Bonchev–Trinajstić information content (AvgIpc) is 1.67. The maximum absolute atomic E-state index is 7.91. The van der Waals surface area contributed by atoms with Crippen LogP contribution in [0.25, 0.3) is 44.5 Å². The zero-order valence-electron chi connectivity index (χ0n) is 53.0. The van der Waals surface area contributed by atoms with Crippen LogP contribution < -0.4 is 52.2 Å². The molecule has 0 fully saturated rings. The van der Waals surface area contributed by atoms with Gasteiger partial charge in [-0.2, -0.15) is 0 Å². The third-order valence-corrected chi connectivity index (χ3v) is 21.1. The number of ether oxygens (including phenoxy) is 1. The summed E-state index contributed by atoms with van der Waals surface area (Å²) in [6.07, 6.45) is 0. The van der Waals surface area contributed by atoms with Crippen LogP contribution in [0.3, 0.4) is 0 Å². The average molecular weight is 1190 g/mol. The Kier molecular flexibility index (Phi) is 11.4. The number of rotatable bonds is 5. The fourth-order valence-electron chi connectivity index (χ4n) is 17.1. The summed E-state index contributed by atoms with van der Waals surface area (Å²) < 4.78 is 7.91. The van der Waals surface area contributed by atoms with E-state index in [0.29, 0.717) is 0 Å². The van der Waals surface area contributed by atoms with Crippen LogP contribution in [0.2, 0.25) is 0 Å². The molecule has 1 spiro atoms. The first-order valence-electron chi connectivity index (χ1n) is 33.0. The van der Waals surface area contributed by atoms with Gasteiger partial charge in [0.15, 0.2) is 0 Å². The van der Waals surface area contributed by atoms with E-state index in [4.69, 9.17) is 4.74 Å². The number of nitrogens with zero attached hydrogens (tertiary/aromatic N) is 3. The quantitative estimate of drug-likeness (QED) is 0.160. The van der Waals surface area contributed by atoms with Crippen LogP contribution in [-0.4, -0.2) is 13.4 Å². The van der Waals surface area contributed by atoms with E-state index < -0.39 is 5.41 Å². The molecule has 4 heterocycles.